The molecule has 1 fully saturated rings. The molecule has 7 nitrogen and oxygen atoms in total. The molecular formula is C16H21N5O2. The second-order valence-corrected chi connectivity index (χ2v) is 5.74. The van der Waals surface area contributed by atoms with Gasteiger partial charge in [0.2, 0.25) is 5.69 Å². The summed E-state index contributed by atoms with van der Waals surface area (Å²) in [6.07, 6.45) is 0.837. The van der Waals surface area contributed by atoms with Gasteiger partial charge in [0, 0.05) is 26.2 Å². The number of nitrogens with zero attached hydrogens (tertiary/aromatic N) is 5. The lowest BCUT2D eigenvalue weighted by Gasteiger charge is -2.32. The van der Waals surface area contributed by atoms with Crippen molar-refractivity contribution in [3.05, 3.63) is 35.5 Å². The Hall–Kier alpha value is -2.41. The molecule has 2 heterocycles. The van der Waals surface area contributed by atoms with Gasteiger partial charge in [-0.3, -0.25) is 0 Å². The van der Waals surface area contributed by atoms with Crippen molar-refractivity contribution in [1.29, 1.82) is 0 Å². The van der Waals surface area contributed by atoms with Gasteiger partial charge in [0.15, 0.2) is 5.82 Å². The Morgan fingerprint density at radius 3 is 2.52 bits per heavy atom. The molecule has 0 amide bonds. The second kappa shape index (κ2) is 6.37. The molecule has 1 aliphatic heterocycles. The molecule has 1 saturated heterocycles. The zero-order valence-corrected chi connectivity index (χ0v) is 13.4. The van der Waals surface area contributed by atoms with Crippen LogP contribution in [-0.2, 0) is 6.42 Å². The van der Waals surface area contributed by atoms with E-state index in [1.54, 1.807) is 0 Å². The van der Waals surface area contributed by atoms with E-state index in [4.69, 9.17) is 0 Å². The number of carbonyl (C=O) groups is 1. The minimum atomic E-state index is -1.04. The van der Waals surface area contributed by atoms with Gasteiger partial charge >= 0.3 is 5.97 Å². The molecule has 0 spiro atoms. The number of rotatable bonds is 4. The molecule has 23 heavy (non-hydrogen) atoms. The van der Waals surface area contributed by atoms with Crippen LogP contribution in [0.5, 0.6) is 0 Å². The number of piperazine rings is 1. The van der Waals surface area contributed by atoms with Gasteiger partial charge in [-0.2, -0.15) is 0 Å². The zero-order chi connectivity index (χ0) is 16.4. The highest BCUT2D eigenvalue weighted by molar-refractivity contribution is 5.91. The molecule has 0 radical (unpaired) electrons. The van der Waals surface area contributed by atoms with Gasteiger partial charge in [-0.05, 0) is 25.1 Å². The van der Waals surface area contributed by atoms with Gasteiger partial charge in [0.05, 0.1) is 5.69 Å². The highest BCUT2D eigenvalue weighted by Crippen LogP contribution is 2.21. The van der Waals surface area contributed by atoms with Crippen LogP contribution in [-0.4, -0.2) is 64.2 Å². The quantitative estimate of drug-likeness (QED) is 0.916. The number of carboxylic acids is 1. The van der Waals surface area contributed by atoms with Crippen LogP contribution in [0.15, 0.2) is 24.3 Å². The van der Waals surface area contributed by atoms with E-state index in [1.165, 1.54) is 4.80 Å². The normalized spacial score (nSPS) is 15.8. The number of aromatic nitrogens is 3. The summed E-state index contributed by atoms with van der Waals surface area (Å²) < 4.78 is 0. The van der Waals surface area contributed by atoms with Crippen molar-refractivity contribution in [2.24, 2.45) is 0 Å². The highest BCUT2D eigenvalue weighted by Gasteiger charge is 2.26. The number of hydrogen-bond acceptors (Lipinski definition) is 5. The SMILES string of the molecule is CCc1ccccc1-n1nc(C(=O)O)c(N2CCN(C)CC2)n1. The third-order valence-electron chi connectivity index (χ3n) is 4.19. The van der Waals surface area contributed by atoms with Gasteiger partial charge in [0.25, 0.3) is 0 Å². The molecule has 122 valence electrons. The van der Waals surface area contributed by atoms with Gasteiger partial charge < -0.3 is 14.9 Å². The Bertz CT molecular complexity index is 704. The molecule has 3 rings (SSSR count). The average molecular weight is 315 g/mol. The Kier molecular flexibility index (Phi) is 4.29. The topological polar surface area (TPSA) is 74.5 Å². The largest absolute Gasteiger partial charge is 0.476 e. The number of para-hydroxylation sites is 1. The first-order valence-electron chi connectivity index (χ1n) is 7.82. The number of aryl methyl sites for hydroxylation is 1. The van der Waals surface area contributed by atoms with E-state index in [0.717, 1.165) is 43.9 Å². The first-order valence-corrected chi connectivity index (χ1v) is 7.82. The average Bonchev–Trinajstić information content (AvgIpc) is 3.01. The number of anilines is 1. The van der Waals surface area contributed by atoms with Crippen molar-refractivity contribution < 1.29 is 9.90 Å². The van der Waals surface area contributed by atoms with E-state index in [2.05, 4.69) is 29.1 Å². The van der Waals surface area contributed by atoms with E-state index < -0.39 is 5.97 Å². The maximum absolute atomic E-state index is 11.6. The van der Waals surface area contributed by atoms with Gasteiger partial charge in [-0.15, -0.1) is 15.0 Å². The van der Waals surface area contributed by atoms with Crippen LogP contribution in [0, 0.1) is 0 Å². The lowest BCUT2D eigenvalue weighted by Crippen LogP contribution is -2.45. The van der Waals surface area contributed by atoms with Crippen LogP contribution in [0.3, 0.4) is 0 Å². The fourth-order valence-corrected chi connectivity index (χ4v) is 2.78. The standard InChI is InChI=1S/C16H21N5O2/c1-3-12-6-4-5-7-13(12)21-17-14(16(22)23)15(18-21)20-10-8-19(2)9-11-20/h4-7H,3,8-11H2,1-2H3,(H,22,23). The molecule has 1 aliphatic rings. The van der Waals surface area contributed by atoms with E-state index in [9.17, 15) is 9.90 Å². The lowest BCUT2D eigenvalue weighted by molar-refractivity contribution is 0.0690. The first kappa shape index (κ1) is 15.5. The fraction of sp³-hybridized carbons (Fsp3) is 0.438. The molecule has 7 heteroatoms. The molecule has 0 unspecified atom stereocenters. The van der Waals surface area contributed by atoms with Crippen molar-refractivity contribution in [1.82, 2.24) is 19.9 Å². The molecule has 1 aromatic carbocycles. The number of carboxylic acid groups (broad SMARTS) is 1. The van der Waals surface area contributed by atoms with E-state index in [1.807, 2.05) is 29.2 Å². The van der Waals surface area contributed by atoms with Crippen LogP contribution in [0.4, 0.5) is 5.82 Å². The van der Waals surface area contributed by atoms with Crippen LogP contribution >= 0.6 is 0 Å². The van der Waals surface area contributed by atoms with Gasteiger partial charge in [-0.25, -0.2) is 4.79 Å². The Morgan fingerprint density at radius 2 is 1.87 bits per heavy atom. The highest BCUT2D eigenvalue weighted by atomic mass is 16.4. The molecule has 2 aromatic rings. The third-order valence-corrected chi connectivity index (χ3v) is 4.19. The van der Waals surface area contributed by atoms with Crippen molar-refractivity contribution >= 4 is 11.8 Å². The summed E-state index contributed by atoms with van der Waals surface area (Å²) in [6.45, 7) is 5.34. The Labute approximate surface area is 135 Å². The maximum atomic E-state index is 11.6. The summed E-state index contributed by atoms with van der Waals surface area (Å²) in [5.74, 6) is -0.587. The van der Waals surface area contributed by atoms with Crippen molar-refractivity contribution in [3.8, 4) is 5.69 Å². The fourth-order valence-electron chi connectivity index (χ4n) is 2.78. The zero-order valence-electron chi connectivity index (χ0n) is 13.4. The molecule has 0 atom stereocenters. The molecule has 0 aliphatic carbocycles. The Balaban J connectivity index is 2.00. The van der Waals surface area contributed by atoms with Crippen LogP contribution in [0.2, 0.25) is 0 Å². The van der Waals surface area contributed by atoms with Crippen molar-refractivity contribution in [3.63, 3.8) is 0 Å². The maximum Gasteiger partial charge on any atom is 0.360 e. The lowest BCUT2D eigenvalue weighted by atomic mass is 10.1. The van der Waals surface area contributed by atoms with E-state index in [0.29, 0.717) is 5.82 Å². The summed E-state index contributed by atoms with van der Waals surface area (Å²) in [4.78, 5) is 17.2. The smallest absolute Gasteiger partial charge is 0.360 e. The predicted octanol–water partition coefficient (Wildman–Crippen LogP) is 1.28. The minimum Gasteiger partial charge on any atom is -0.476 e. The molecule has 1 N–H and O–H groups in total. The van der Waals surface area contributed by atoms with Crippen LogP contribution < -0.4 is 4.90 Å². The van der Waals surface area contributed by atoms with Crippen LogP contribution in [0.25, 0.3) is 5.69 Å². The third kappa shape index (κ3) is 3.05. The molecular weight excluding hydrogens is 294 g/mol. The minimum absolute atomic E-state index is 0.0143. The molecule has 0 bridgehead atoms. The van der Waals surface area contributed by atoms with Crippen molar-refractivity contribution in [2.45, 2.75) is 13.3 Å². The first-order chi connectivity index (χ1) is 11.1. The summed E-state index contributed by atoms with van der Waals surface area (Å²) in [5, 5.41) is 18.2. The van der Waals surface area contributed by atoms with E-state index in [-0.39, 0.29) is 5.69 Å². The number of likely N-dealkylation sites (N-methyl/N-ethyl adjacent to an activating group) is 1. The summed E-state index contributed by atoms with van der Waals surface area (Å²) in [7, 11) is 2.06. The molecule has 1 aromatic heterocycles. The molecule has 0 saturated carbocycles. The number of hydrogen-bond donors (Lipinski definition) is 1. The van der Waals surface area contributed by atoms with E-state index >= 15 is 0 Å². The second-order valence-electron chi connectivity index (χ2n) is 5.74. The van der Waals surface area contributed by atoms with Gasteiger partial charge in [-0.1, -0.05) is 25.1 Å². The van der Waals surface area contributed by atoms with Crippen molar-refractivity contribution in [2.75, 3.05) is 38.1 Å². The van der Waals surface area contributed by atoms with Crippen LogP contribution in [0.1, 0.15) is 23.0 Å². The summed E-state index contributed by atoms with van der Waals surface area (Å²) in [6, 6.07) is 7.80. The van der Waals surface area contributed by atoms with Gasteiger partial charge in [0.1, 0.15) is 0 Å². The monoisotopic (exact) mass is 315 g/mol. The number of aromatic carboxylic acids is 1. The number of benzene rings is 1. The summed E-state index contributed by atoms with van der Waals surface area (Å²) >= 11 is 0. The summed E-state index contributed by atoms with van der Waals surface area (Å²) in [5.41, 5.74) is 1.93. The predicted molar refractivity (Wildman–Crippen MR) is 87.4 cm³/mol. The Morgan fingerprint density at radius 1 is 1.17 bits per heavy atom.